The summed E-state index contributed by atoms with van der Waals surface area (Å²) in [7, 11) is 0. The monoisotopic (exact) mass is 395 g/mol. The highest BCUT2D eigenvalue weighted by Crippen LogP contribution is 2.38. The molecule has 146 valence electrons. The van der Waals surface area contributed by atoms with Crippen LogP contribution in [-0.2, 0) is 0 Å². The van der Waals surface area contributed by atoms with Gasteiger partial charge in [-0.15, -0.1) is 0 Å². The van der Waals surface area contributed by atoms with Crippen LogP contribution in [0.1, 0.15) is 22.1 Å². The second-order valence-corrected chi connectivity index (χ2v) is 7.15. The fourth-order valence-corrected chi connectivity index (χ4v) is 3.89. The average Bonchev–Trinajstić information content (AvgIpc) is 2.79. The molecule has 5 rings (SSSR count). The maximum Gasteiger partial charge on any atom is 0.269 e. The van der Waals surface area contributed by atoms with Crippen LogP contribution in [0.3, 0.4) is 0 Å². The van der Waals surface area contributed by atoms with Gasteiger partial charge in [0.2, 0.25) is 0 Å². The van der Waals surface area contributed by atoms with Gasteiger partial charge in [-0.3, -0.25) is 19.8 Å². The van der Waals surface area contributed by atoms with Crippen molar-refractivity contribution >= 4 is 33.7 Å². The first-order valence-corrected chi connectivity index (χ1v) is 9.54. The molecule has 4 aromatic rings. The zero-order chi connectivity index (χ0) is 20.7. The number of fused-ring (bicyclic) bond motifs is 2. The number of nitrogens with zero attached hydrogens (tertiary/aromatic N) is 2. The van der Waals surface area contributed by atoms with Crippen molar-refractivity contribution < 1.29 is 9.72 Å². The Kier molecular flexibility index (Phi) is 4.17. The van der Waals surface area contributed by atoms with Crippen molar-refractivity contribution in [1.29, 1.82) is 0 Å². The number of nitrogens with one attached hydrogen (secondary N) is 1. The lowest BCUT2D eigenvalue weighted by Crippen LogP contribution is -2.43. The molecule has 6 heteroatoms. The number of carbonyl (C=O) groups is 1. The van der Waals surface area contributed by atoms with Crippen LogP contribution in [0.15, 0.2) is 91.0 Å². The van der Waals surface area contributed by atoms with Gasteiger partial charge >= 0.3 is 0 Å². The maximum atomic E-state index is 13.5. The van der Waals surface area contributed by atoms with Crippen LogP contribution >= 0.6 is 0 Å². The normalized spacial score (nSPS) is 15.5. The van der Waals surface area contributed by atoms with E-state index in [1.54, 1.807) is 23.1 Å². The predicted molar refractivity (Wildman–Crippen MR) is 117 cm³/mol. The fraction of sp³-hybridized carbons (Fsp3) is 0.0417. The Morgan fingerprint density at radius 1 is 0.833 bits per heavy atom. The molecule has 0 saturated carbocycles. The van der Waals surface area contributed by atoms with Gasteiger partial charge in [0.05, 0.1) is 10.5 Å². The minimum Gasteiger partial charge on any atom is -0.360 e. The summed E-state index contributed by atoms with van der Waals surface area (Å²) in [5, 5.41) is 16.8. The van der Waals surface area contributed by atoms with E-state index in [1.165, 1.54) is 12.1 Å². The first kappa shape index (κ1) is 17.9. The molecule has 1 N–H and O–H groups in total. The van der Waals surface area contributed by atoms with Crippen LogP contribution in [0.2, 0.25) is 0 Å². The maximum absolute atomic E-state index is 13.5. The molecule has 0 unspecified atom stereocenters. The molecule has 0 aromatic heterocycles. The van der Waals surface area contributed by atoms with E-state index in [1.807, 2.05) is 60.7 Å². The van der Waals surface area contributed by atoms with Gasteiger partial charge in [-0.1, -0.05) is 54.6 Å². The standard InChI is InChI=1S/C24H17N3O3/c28-24-21-10-3-4-11-22(21)25-23(18-8-5-9-20(15-18)27(29)30)26(24)19-13-12-16-6-1-2-7-17(16)14-19/h1-15,23,25H/t23-/m1/s1. The van der Waals surface area contributed by atoms with Gasteiger partial charge in [0.15, 0.2) is 0 Å². The second-order valence-electron chi connectivity index (χ2n) is 7.15. The Morgan fingerprint density at radius 2 is 1.60 bits per heavy atom. The topological polar surface area (TPSA) is 75.5 Å². The number of hydrogen-bond acceptors (Lipinski definition) is 4. The molecule has 4 aromatic carbocycles. The SMILES string of the molecule is O=C1c2ccccc2N[C@@H](c2cccc([N+](=O)[O-])c2)N1c1ccc2ccccc2c1. The van der Waals surface area contributed by atoms with Crippen LogP contribution < -0.4 is 10.2 Å². The van der Waals surface area contributed by atoms with Gasteiger partial charge in [0, 0.05) is 29.1 Å². The third kappa shape index (κ3) is 2.95. The third-order valence-electron chi connectivity index (χ3n) is 5.33. The van der Waals surface area contributed by atoms with Crippen molar-refractivity contribution in [3.63, 3.8) is 0 Å². The minimum absolute atomic E-state index is 0.0148. The van der Waals surface area contributed by atoms with Gasteiger partial charge in [-0.2, -0.15) is 0 Å². The lowest BCUT2D eigenvalue weighted by Gasteiger charge is -2.38. The van der Waals surface area contributed by atoms with Crippen molar-refractivity contribution in [2.45, 2.75) is 6.17 Å². The molecule has 0 spiro atoms. The zero-order valence-electron chi connectivity index (χ0n) is 15.9. The summed E-state index contributed by atoms with van der Waals surface area (Å²) in [5.74, 6) is -0.156. The summed E-state index contributed by atoms with van der Waals surface area (Å²) in [6, 6.07) is 27.5. The number of rotatable bonds is 3. The van der Waals surface area contributed by atoms with Gasteiger partial charge < -0.3 is 5.32 Å². The first-order chi connectivity index (χ1) is 14.6. The summed E-state index contributed by atoms with van der Waals surface area (Å²) in [6.07, 6.45) is -0.575. The average molecular weight is 395 g/mol. The molecule has 0 radical (unpaired) electrons. The number of benzene rings is 4. The molecular formula is C24H17N3O3. The Hall–Kier alpha value is -4.19. The summed E-state index contributed by atoms with van der Waals surface area (Å²) in [6.45, 7) is 0. The van der Waals surface area contributed by atoms with Crippen LogP contribution in [0.5, 0.6) is 0 Å². The number of carbonyl (C=O) groups excluding carboxylic acids is 1. The highest BCUT2D eigenvalue weighted by molar-refractivity contribution is 6.12. The Balaban J connectivity index is 1.68. The molecule has 1 amide bonds. The lowest BCUT2D eigenvalue weighted by atomic mass is 10.0. The molecule has 1 aliphatic heterocycles. The van der Waals surface area contributed by atoms with E-state index in [-0.39, 0.29) is 11.6 Å². The molecule has 6 nitrogen and oxygen atoms in total. The largest absolute Gasteiger partial charge is 0.360 e. The highest BCUT2D eigenvalue weighted by atomic mass is 16.6. The fourth-order valence-electron chi connectivity index (χ4n) is 3.89. The van der Waals surface area contributed by atoms with Crippen molar-refractivity contribution in [2.24, 2.45) is 0 Å². The van der Waals surface area contributed by atoms with Crippen molar-refractivity contribution in [3.8, 4) is 0 Å². The van der Waals surface area contributed by atoms with Crippen molar-refractivity contribution in [2.75, 3.05) is 10.2 Å². The molecule has 1 atom stereocenters. The van der Waals surface area contributed by atoms with E-state index in [0.717, 1.165) is 16.5 Å². The molecule has 0 aliphatic carbocycles. The summed E-state index contributed by atoms with van der Waals surface area (Å²) in [4.78, 5) is 26.0. The molecule has 0 saturated heterocycles. The van der Waals surface area contributed by atoms with Crippen LogP contribution in [-0.4, -0.2) is 10.8 Å². The first-order valence-electron chi connectivity index (χ1n) is 9.54. The summed E-state index contributed by atoms with van der Waals surface area (Å²) < 4.78 is 0. The molecule has 30 heavy (non-hydrogen) atoms. The summed E-state index contributed by atoms with van der Waals surface area (Å²) >= 11 is 0. The third-order valence-corrected chi connectivity index (χ3v) is 5.33. The lowest BCUT2D eigenvalue weighted by molar-refractivity contribution is -0.384. The molecule has 1 heterocycles. The zero-order valence-corrected chi connectivity index (χ0v) is 15.9. The van der Waals surface area contributed by atoms with E-state index in [2.05, 4.69) is 5.32 Å². The number of anilines is 2. The van der Waals surface area contributed by atoms with E-state index in [0.29, 0.717) is 16.8 Å². The number of nitro groups is 1. The van der Waals surface area contributed by atoms with E-state index >= 15 is 0 Å². The molecule has 0 bridgehead atoms. The Labute approximate surface area is 172 Å². The number of amides is 1. The Morgan fingerprint density at radius 3 is 2.43 bits per heavy atom. The number of nitro benzene ring substituents is 1. The van der Waals surface area contributed by atoms with E-state index in [9.17, 15) is 14.9 Å². The van der Waals surface area contributed by atoms with Gasteiger partial charge in [-0.25, -0.2) is 0 Å². The predicted octanol–water partition coefficient (Wildman–Crippen LogP) is 5.52. The van der Waals surface area contributed by atoms with Crippen molar-refractivity contribution in [1.82, 2.24) is 0 Å². The van der Waals surface area contributed by atoms with Crippen molar-refractivity contribution in [3.05, 3.63) is 112 Å². The van der Waals surface area contributed by atoms with E-state index < -0.39 is 11.1 Å². The molecule has 0 fully saturated rings. The van der Waals surface area contributed by atoms with Gasteiger partial charge in [-0.05, 0) is 35.0 Å². The van der Waals surface area contributed by atoms with Crippen LogP contribution in [0.4, 0.5) is 17.1 Å². The smallest absolute Gasteiger partial charge is 0.269 e. The number of non-ortho nitro benzene ring substituents is 1. The second kappa shape index (κ2) is 7.00. The van der Waals surface area contributed by atoms with E-state index in [4.69, 9.17) is 0 Å². The molecule has 1 aliphatic rings. The van der Waals surface area contributed by atoms with Gasteiger partial charge in [0.1, 0.15) is 6.17 Å². The number of para-hydroxylation sites is 1. The quantitative estimate of drug-likeness (QED) is 0.366. The van der Waals surface area contributed by atoms with Gasteiger partial charge in [0.25, 0.3) is 11.6 Å². The summed E-state index contributed by atoms with van der Waals surface area (Å²) in [5.41, 5.74) is 2.61. The van der Waals surface area contributed by atoms with Crippen LogP contribution in [0.25, 0.3) is 10.8 Å². The molecular weight excluding hydrogens is 378 g/mol. The highest BCUT2D eigenvalue weighted by Gasteiger charge is 2.34. The number of hydrogen-bond donors (Lipinski definition) is 1. The minimum atomic E-state index is -0.575. The Bertz CT molecular complexity index is 1300. The van der Waals surface area contributed by atoms with Crippen LogP contribution in [0, 0.1) is 10.1 Å².